The number of rotatable bonds is 6. The molecule has 2 atom stereocenters. The van der Waals surface area contributed by atoms with Crippen LogP contribution in [0.3, 0.4) is 0 Å². The van der Waals surface area contributed by atoms with Gasteiger partial charge in [0.1, 0.15) is 6.29 Å². The Bertz CT molecular complexity index is 578. The maximum Gasteiger partial charge on any atom is 0.313 e. The van der Waals surface area contributed by atoms with Crippen molar-refractivity contribution in [3.63, 3.8) is 0 Å². The summed E-state index contributed by atoms with van der Waals surface area (Å²) in [5.41, 5.74) is 1.82. The zero-order valence-electron chi connectivity index (χ0n) is 11.9. The number of benzene rings is 2. The van der Waals surface area contributed by atoms with Gasteiger partial charge >= 0.3 is 5.97 Å². The van der Waals surface area contributed by atoms with Gasteiger partial charge in [-0.15, -0.1) is 0 Å². The fourth-order valence-corrected chi connectivity index (χ4v) is 2.59. The van der Waals surface area contributed by atoms with Gasteiger partial charge < -0.3 is 9.53 Å². The van der Waals surface area contributed by atoms with Crippen LogP contribution in [-0.4, -0.2) is 19.4 Å². The summed E-state index contributed by atoms with van der Waals surface area (Å²) in [5.74, 6) is -1.03. The Labute approximate surface area is 124 Å². The van der Waals surface area contributed by atoms with Gasteiger partial charge in [0.05, 0.1) is 13.0 Å². The highest BCUT2D eigenvalue weighted by Gasteiger charge is 2.31. The molecule has 0 aromatic heterocycles. The van der Waals surface area contributed by atoms with E-state index in [9.17, 15) is 9.59 Å². The molecule has 3 nitrogen and oxygen atoms in total. The van der Waals surface area contributed by atoms with Crippen LogP contribution >= 0.6 is 0 Å². The molecule has 0 amide bonds. The van der Waals surface area contributed by atoms with E-state index in [1.54, 1.807) is 0 Å². The number of carbonyl (C=O) groups excluding carboxylic acids is 2. The Kier molecular flexibility index (Phi) is 5.27. The zero-order chi connectivity index (χ0) is 15.1. The first-order valence-corrected chi connectivity index (χ1v) is 6.89. The first-order chi connectivity index (χ1) is 10.3. The highest BCUT2D eigenvalue weighted by molar-refractivity contribution is 5.80. The lowest BCUT2D eigenvalue weighted by molar-refractivity contribution is -0.143. The molecular weight excluding hydrogens is 264 g/mol. The van der Waals surface area contributed by atoms with E-state index in [1.165, 1.54) is 7.11 Å². The molecule has 0 radical (unpaired) electrons. The predicted octanol–water partition coefficient (Wildman–Crippen LogP) is 3.32. The van der Waals surface area contributed by atoms with Crippen LogP contribution in [0.1, 0.15) is 29.4 Å². The molecule has 108 valence electrons. The average Bonchev–Trinajstić information content (AvgIpc) is 2.56. The SMILES string of the molecule is COC(=O)[C@@H](c1ccccc1)[C@@H](CC=O)c1ccccc1. The van der Waals surface area contributed by atoms with Gasteiger partial charge in [0.25, 0.3) is 0 Å². The van der Waals surface area contributed by atoms with Crippen molar-refractivity contribution < 1.29 is 14.3 Å². The third-order valence-corrected chi connectivity index (χ3v) is 3.59. The minimum Gasteiger partial charge on any atom is -0.469 e. The van der Waals surface area contributed by atoms with Crippen molar-refractivity contribution >= 4 is 12.3 Å². The summed E-state index contributed by atoms with van der Waals surface area (Å²) >= 11 is 0. The number of carbonyl (C=O) groups is 2. The standard InChI is InChI=1S/C18H18O3/c1-21-18(20)17(15-10-6-3-7-11-15)16(12-13-19)14-8-4-2-5-9-14/h2-11,13,16-17H,12H2,1H3/t16-,17-/m0/s1. The molecule has 0 aliphatic rings. The normalized spacial score (nSPS) is 13.2. The van der Waals surface area contributed by atoms with Crippen LogP contribution < -0.4 is 0 Å². The summed E-state index contributed by atoms with van der Waals surface area (Å²) in [7, 11) is 1.38. The molecule has 0 spiro atoms. The summed E-state index contributed by atoms with van der Waals surface area (Å²) in [5, 5.41) is 0. The number of methoxy groups -OCH3 is 1. The molecular formula is C18H18O3. The second-order valence-electron chi connectivity index (χ2n) is 4.83. The average molecular weight is 282 g/mol. The molecule has 0 aliphatic carbocycles. The van der Waals surface area contributed by atoms with Crippen LogP contribution in [0.15, 0.2) is 60.7 Å². The van der Waals surface area contributed by atoms with E-state index in [4.69, 9.17) is 4.74 Å². The van der Waals surface area contributed by atoms with Gasteiger partial charge in [0.2, 0.25) is 0 Å². The van der Waals surface area contributed by atoms with Gasteiger partial charge in [-0.25, -0.2) is 0 Å². The summed E-state index contributed by atoms with van der Waals surface area (Å²) in [6, 6.07) is 19.1. The Balaban J connectivity index is 2.46. The molecule has 0 saturated heterocycles. The smallest absolute Gasteiger partial charge is 0.313 e. The van der Waals surface area contributed by atoms with Crippen molar-refractivity contribution in [1.29, 1.82) is 0 Å². The van der Waals surface area contributed by atoms with E-state index >= 15 is 0 Å². The van der Waals surface area contributed by atoms with E-state index in [0.717, 1.165) is 17.4 Å². The van der Waals surface area contributed by atoms with E-state index in [1.807, 2.05) is 60.7 Å². The summed E-state index contributed by atoms with van der Waals surface area (Å²) in [6.45, 7) is 0. The van der Waals surface area contributed by atoms with Crippen LogP contribution in [0.2, 0.25) is 0 Å². The fraction of sp³-hybridized carbons (Fsp3) is 0.222. The van der Waals surface area contributed by atoms with E-state index in [0.29, 0.717) is 0 Å². The van der Waals surface area contributed by atoms with Gasteiger partial charge in [0, 0.05) is 12.3 Å². The lowest BCUT2D eigenvalue weighted by Crippen LogP contribution is -2.22. The van der Waals surface area contributed by atoms with E-state index in [2.05, 4.69) is 0 Å². The molecule has 0 aliphatic heterocycles. The van der Waals surface area contributed by atoms with Crippen LogP contribution in [0.25, 0.3) is 0 Å². The number of hydrogen-bond acceptors (Lipinski definition) is 3. The lowest BCUT2D eigenvalue weighted by Gasteiger charge is -2.24. The van der Waals surface area contributed by atoms with Gasteiger partial charge in [-0.3, -0.25) is 4.79 Å². The number of ether oxygens (including phenoxy) is 1. The second kappa shape index (κ2) is 7.39. The predicted molar refractivity (Wildman–Crippen MR) is 81.1 cm³/mol. The van der Waals surface area contributed by atoms with Crippen molar-refractivity contribution in [3.05, 3.63) is 71.8 Å². The van der Waals surface area contributed by atoms with Gasteiger partial charge in [-0.1, -0.05) is 60.7 Å². The van der Waals surface area contributed by atoms with Crippen LogP contribution in [-0.2, 0) is 14.3 Å². The zero-order valence-corrected chi connectivity index (χ0v) is 11.9. The molecule has 0 heterocycles. The number of esters is 1. The van der Waals surface area contributed by atoms with Crippen molar-refractivity contribution in [2.45, 2.75) is 18.3 Å². The summed E-state index contributed by atoms with van der Waals surface area (Å²) in [6.07, 6.45) is 1.13. The third-order valence-electron chi connectivity index (χ3n) is 3.59. The highest BCUT2D eigenvalue weighted by Crippen LogP contribution is 2.36. The Morgan fingerprint density at radius 3 is 2.00 bits per heavy atom. The largest absolute Gasteiger partial charge is 0.469 e. The van der Waals surface area contributed by atoms with Crippen molar-refractivity contribution in [1.82, 2.24) is 0 Å². The fourth-order valence-electron chi connectivity index (χ4n) is 2.59. The van der Waals surface area contributed by atoms with E-state index < -0.39 is 5.92 Å². The maximum atomic E-state index is 12.3. The molecule has 0 unspecified atom stereocenters. The van der Waals surface area contributed by atoms with E-state index in [-0.39, 0.29) is 18.3 Å². The monoisotopic (exact) mass is 282 g/mol. The maximum absolute atomic E-state index is 12.3. The molecule has 0 fully saturated rings. The van der Waals surface area contributed by atoms with Crippen molar-refractivity contribution in [2.24, 2.45) is 0 Å². The van der Waals surface area contributed by atoms with Crippen LogP contribution in [0.4, 0.5) is 0 Å². The molecule has 2 aromatic rings. The molecule has 0 N–H and O–H groups in total. The Morgan fingerprint density at radius 1 is 1.00 bits per heavy atom. The van der Waals surface area contributed by atoms with Crippen molar-refractivity contribution in [3.8, 4) is 0 Å². The van der Waals surface area contributed by atoms with Gasteiger partial charge in [0.15, 0.2) is 0 Å². The second-order valence-corrected chi connectivity index (χ2v) is 4.83. The quantitative estimate of drug-likeness (QED) is 0.603. The number of aldehydes is 1. The molecule has 3 heteroatoms. The Hall–Kier alpha value is -2.42. The third kappa shape index (κ3) is 3.57. The molecule has 0 saturated carbocycles. The number of hydrogen-bond donors (Lipinski definition) is 0. The van der Waals surface area contributed by atoms with Crippen LogP contribution in [0, 0.1) is 0 Å². The highest BCUT2D eigenvalue weighted by atomic mass is 16.5. The first-order valence-electron chi connectivity index (χ1n) is 6.89. The summed E-state index contributed by atoms with van der Waals surface area (Å²) in [4.78, 5) is 23.3. The lowest BCUT2D eigenvalue weighted by atomic mass is 9.79. The molecule has 21 heavy (non-hydrogen) atoms. The minimum absolute atomic E-state index is 0.224. The van der Waals surface area contributed by atoms with Gasteiger partial charge in [-0.05, 0) is 11.1 Å². The molecule has 2 rings (SSSR count). The molecule has 2 aromatic carbocycles. The molecule has 0 bridgehead atoms. The first kappa shape index (κ1) is 15.0. The topological polar surface area (TPSA) is 43.4 Å². The Morgan fingerprint density at radius 2 is 1.52 bits per heavy atom. The van der Waals surface area contributed by atoms with Gasteiger partial charge in [-0.2, -0.15) is 0 Å². The minimum atomic E-state index is -0.483. The summed E-state index contributed by atoms with van der Waals surface area (Å²) < 4.78 is 4.96. The van der Waals surface area contributed by atoms with Crippen molar-refractivity contribution in [2.75, 3.05) is 7.11 Å². The van der Waals surface area contributed by atoms with Crippen LogP contribution in [0.5, 0.6) is 0 Å².